The summed E-state index contributed by atoms with van der Waals surface area (Å²) in [4.78, 5) is 37.8. The van der Waals surface area contributed by atoms with Crippen molar-refractivity contribution in [2.45, 2.75) is 0 Å². The van der Waals surface area contributed by atoms with Crippen molar-refractivity contribution < 1.29 is 57.0 Å². The van der Waals surface area contributed by atoms with E-state index in [9.17, 15) is 14.4 Å². The van der Waals surface area contributed by atoms with Gasteiger partial charge >= 0.3 is 17.9 Å². The molecule has 1 rings (SSSR count). The molecule has 216 valence electrons. The van der Waals surface area contributed by atoms with Gasteiger partial charge in [-0.15, -0.1) is 0 Å². The van der Waals surface area contributed by atoms with Gasteiger partial charge in [0.1, 0.15) is 39.6 Å². The minimum Gasteiger partial charge on any atom is -0.499 e. The van der Waals surface area contributed by atoms with Crippen LogP contribution in [-0.2, 0) is 42.6 Å². The maximum Gasteiger partial charge on any atom is 0.338 e. The minimum absolute atomic E-state index is 0.0398. The standard InChI is InChI=1S/C27H36O12/c1-4-31-7-10-34-13-16-37-25(28)22-19-23(26(29)38-17-14-35-11-8-32-5-2)21-24(20-22)27(30)39-18-15-36-12-9-33-6-3/h4-6,19-21H,1-3,7-18H2. The first-order valence-electron chi connectivity index (χ1n) is 12.1. The zero-order valence-corrected chi connectivity index (χ0v) is 22.0. The van der Waals surface area contributed by atoms with Crippen molar-refractivity contribution in [3.63, 3.8) is 0 Å². The topological polar surface area (TPSA) is 134 Å². The van der Waals surface area contributed by atoms with Gasteiger partial charge in [0.05, 0.1) is 75.1 Å². The summed E-state index contributed by atoms with van der Waals surface area (Å²) in [6.45, 7) is 12.3. The maximum absolute atomic E-state index is 12.6. The molecule has 0 aliphatic rings. The van der Waals surface area contributed by atoms with E-state index in [1.807, 2.05) is 0 Å². The molecular weight excluding hydrogens is 516 g/mol. The number of carbonyl (C=O) groups is 3. The first-order chi connectivity index (χ1) is 19.0. The van der Waals surface area contributed by atoms with Crippen LogP contribution in [0.2, 0.25) is 0 Å². The van der Waals surface area contributed by atoms with Gasteiger partial charge in [0.2, 0.25) is 0 Å². The van der Waals surface area contributed by atoms with Gasteiger partial charge in [0, 0.05) is 0 Å². The molecule has 12 heteroatoms. The fraction of sp³-hybridized carbons (Fsp3) is 0.444. The Morgan fingerprint density at radius 1 is 0.462 bits per heavy atom. The summed E-state index contributed by atoms with van der Waals surface area (Å²) < 4.78 is 46.1. The van der Waals surface area contributed by atoms with Gasteiger partial charge in [-0.3, -0.25) is 0 Å². The zero-order chi connectivity index (χ0) is 28.6. The summed E-state index contributed by atoms with van der Waals surface area (Å²) in [6, 6.07) is 3.80. The molecule has 0 N–H and O–H groups in total. The normalized spacial score (nSPS) is 10.2. The van der Waals surface area contributed by atoms with Crippen molar-refractivity contribution in [2.75, 3.05) is 79.3 Å². The minimum atomic E-state index is -0.763. The molecule has 0 fully saturated rings. The SMILES string of the molecule is C=COCCOCCOC(=O)c1cc(C(=O)OCCOCCOC=C)cc(C(=O)OCCOCCOC=C)c1. The Morgan fingerprint density at radius 2 is 0.718 bits per heavy atom. The van der Waals surface area contributed by atoms with Crippen molar-refractivity contribution in [1.82, 2.24) is 0 Å². The van der Waals surface area contributed by atoms with Crippen LogP contribution in [0.15, 0.2) is 56.7 Å². The Balaban J connectivity index is 2.74. The molecule has 0 unspecified atom stereocenters. The van der Waals surface area contributed by atoms with E-state index in [1.165, 1.54) is 37.0 Å². The lowest BCUT2D eigenvalue weighted by atomic mass is 10.1. The Hall–Kier alpha value is -3.87. The van der Waals surface area contributed by atoms with Gasteiger partial charge in [-0.05, 0) is 18.2 Å². The largest absolute Gasteiger partial charge is 0.499 e. The third-order valence-corrected chi connectivity index (χ3v) is 4.41. The number of hydrogen-bond donors (Lipinski definition) is 0. The van der Waals surface area contributed by atoms with Gasteiger partial charge in [-0.1, -0.05) is 19.7 Å². The lowest BCUT2D eigenvalue weighted by molar-refractivity contribution is 0.0240. The molecule has 0 heterocycles. The maximum atomic E-state index is 12.6. The molecule has 39 heavy (non-hydrogen) atoms. The number of esters is 3. The van der Waals surface area contributed by atoms with Gasteiger partial charge < -0.3 is 42.6 Å². The summed E-state index contributed by atoms with van der Waals surface area (Å²) in [7, 11) is 0. The molecule has 0 saturated carbocycles. The molecule has 0 aliphatic heterocycles. The third kappa shape index (κ3) is 15.9. The predicted octanol–water partition coefficient (Wildman–Crippen LogP) is 2.69. The highest BCUT2D eigenvalue weighted by molar-refractivity contribution is 6.00. The summed E-state index contributed by atoms with van der Waals surface area (Å²) in [5.41, 5.74) is -0.119. The van der Waals surface area contributed by atoms with Crippen LogP contribution in [0.1, 0.15) is 31.1 Å². The van der Waals surface area contributed by atoms with Crippen LogP contribution in [-0.4, -0.2) is 97.2 Å². The van der Waals surface area contributed by atoms with Crippen LogP contribution in [0, 0.1) is 0 Å². The smallest absolute Gasteiger partial charge is 0.338 e. The van der Waals surface area contributed by atoms with Crippen LogP contribution in [0.4, 0.5) is 0 Å². The Labute approximate surface area is 228 Å². The fourth-order valence-electron chi connectivity index (χ4n) is 2.69. The summed E-state index contributed by atoms with van der Waals surface area (Å²) in [6.07, 6.45) is 3.88. The van der Waals surface area contributed by atoms with E-state index >= 15 is 0 Å². The molecule has 0 aromatic heterocycles. The first-order valence-corrected chi connectivity index (χ1v) is 12.1. The van der Waals surface area contributed by atoms with E-state index in [2.05, 4.69) is 19.7 Å². The van der Waals surface area contributed by atoms with E-state index in [-0.39, 0.29) is 76.2 Å². The van der Waals surface area contributed by atoms with Gasteiger partial charge in [-0.2, -0.15) is 0 Å². The molecule has 0 amide bonds. The molecule has 0 spiro atoms. The number of carbonyl (C=O) groups excluding carboxylic acids is 3. The predicted molar refractivity (Wildman–Crippen MR) is 138 cm³/mol. The second-order valence-corrected chi connectivity index (χ2v) is 7.16. The number of benzene rings is 1. The summed E-state index contributed by atoms with van der Waals surface area (Å²) >= 11 is 0. The Morgan fingerprint density at radius 3 is 0.974 bits per heavy atom. The molecule has 0 radical (unpaired) electrons. The van der Waals surface area contributed by atoms with Crippen molar-refractivity contribution >= 4 is 17.9 Å². The van der Waals surface area contributed by atoms with Crippen molar-refractivity contribution in [3.8, 4) is 0 Å². The van der Waals surface area contributed by atoms with Crippen LogP contribution < -0.4 is 0 Å². The first kappa shape index (κ1) is 33.2. The Bertz CT molecular complexity index is 772. The average Bonchev–Trinajstić information content (AvgIpc) is 2.95. The van der Waals surface area contributed by atoms with Crippen LogP contribution >= 0.6 is 0 Å². The molecule has 0 atom stereocenters. The highest BCUT2D eigenvalue weighted by Gasteiger charge is 2.19. The van der Waals surface area contributed by atoms with Crippen LogP contribution in [0.25, 0.3) is 0 Å². The second-order valence-electron chi connectivity index (χ2n) is 7.16. The molecule has 0 saturated heterocycles. The number of hydrogen-bond acceptors (Lipinski definition) is 12. The quantitative estimate of drug-likeness (QED) is 0.0808. The highest BCUT2D eigenvalue weighted by atomic mass is 16.6. The monoisotopic (exact) mass is 552 g/mol. The molecule has 0 bridgehead atoms. The molecule has 1 aromatic rings. The fourth-order valence-corrected chi connectivity index (χ4v) is 2.69. The molecule has 1 aromatic carbocycles. The molecular formula is C27H36O12. The van der Waals surface area contributed by atoms with E-state index in [1.54, 1.807) is 0 Å². The van der Waals surface area contributed by atoms with Crippen molar-refractivity contribution in [3.05, 3.63) is 73.4 Å². The lowest BCUT2D eigenvalue weighted by Gasteiger charge is -2.11. The highest BCUT2D eigenvalue weighted by Crippen LogP contribution is 2.15. The van der Waals surface area contributed by atoms with Gasteiger partial charge in [-0.25, -0.2) is 14.4 Å². The summed E-state index contributed by atoms with van der Waals surface area (Å²) in [5, 5.41) is 0. The van der Waals surface area contributed by atoms with E-state index in [0.29, 0.717) is 19.8 Å². The van der Waals surface area contributed by atoms with E-state index in [0.717, 1.165) is 0 Å². The van der Waals surface area contributed by atoms with E-state index < -0.39 is 17.9 Å². The van der Waals surface area contributed by atoms with Crippen LogP contribution in [0.5, 0.6) is 0 Å². The lowest BCUT2D eigenvalue weighted by Crippen LogP contribution is -2.17. The zero-order valence-electron chi connectivity index (χ0n) is 22.0. The molecule has 0 aliphatic carbocycles. The second kappa shape index (κ2) is 22.1. The van der Waals surface area contributed by atoms with Crippen molar-refractivity contribution in [2.24, 2.45) is 0 Å². The van der Waals surface area contributed by atoms with Crippen molar-refractivity contribution in [1.29, 1.82) is 0 Å². The Kier molecular flexibility index (Phi) is 18.8. The number of ether oxygens (including phenoxy) is 9. The van der Waals surface area contributed by atoms with Gasteiger partial charge in [0.25, 0.3) is 0 Å². The molecule has 12 nitrogen and oxygen atoms in total. The van der Waals surface area contributed by atoms with Gasteiger partial charge in [0.15, 0.2) is 0 Å². The van der Waals surface area contributed by atoms with E-state index in [4.69, 9.17) is 42.6 Å². The van der Waals surface area contributed by atoms with Crippen LogP contribution in [0.3, 0.4) is 0 Å². The number of rotatable bonds is 24. The third-order valence-electron chi connectivity index (χ3n) is 4.41. The summed E-state index contributed by atoms with van der Waals surface area (Å²) in [5.74, 6) is -2.29. The average molecular weight is 553 g/mol.